The SMILES string of the molecule is N[NH+]([O-])C1=CCCCC1C1C[I-]1. The number of alkyl halides is 2. The zero-order chi connectivity index (χ0) is 8.55. The van der Waals surface area contributed by atoms with E-state index in [1.54, 1.807) is 0 Å². The van der Waals surface area contributed by atoms with Crippen LogP contribution in [0.3, 0.4) is 0 Å². The summed E-state index contributed by atoms with van der Waals surface area (Å²) < 4.78 is 2.30. The molecule has 0 radical (unpaired) electrons. The topological polar surface area (TPSA) is 53.5 Å². The predicted octanol–water partition coefficient (Wildman–Crippen LogP) is -3.60. The molecule has 1 fully saturated rings. The van der Waals surface area contributed by atoms with Crippen molar-refractivity contribution in [1.82, 2.24) is 0 Å². The minimum absolute atomic E-state index is 0.171. The van der Waals surface area contributed by atoms with Gasteiger partial charge in [-0.15, -0.1) is 0 Å². The van der Waals surface area contributed by atoms with Crippen LogP contribution in [0.2, 0.25) is 0 Å². The van der Waals surface area contributed by atoms with Crippen molar-refractivity contribution in [3.63, 3.8) is 0 Å². The van der Waals surface area contributed by atoms with Crippen LogP contribution in [0.4, 0.5) is 0 Å². The average molecular weight is 281 g/mol. The summed E-state index contributed by atoms with van der Waals surface area (Å²) >= 11 is 0.448. The Morgan fingerprint density at radius 3 is 3.00 bits per heavy atom. The van der Waals surface area contributed by atoms with Crippen molar-refractivity contribution in [3.05, 3.63) is 17.0 Å². The number of nitrogens with two attached hydrogens (primary N) is 1. The Morgan fingerprint density at radius 1 is 1.67 bits per heavy atom. The third kappa shape index (κ3) is 1.81. The summed E-state index contributed by atoms with van der Waals surface area (Å²) in [7, 11) is 0. The molecule has 3 N–H and O–H groups in total. The second-order valence-electron chi connectivity index (χ2n) is 3.39. The summed E-state index contributed by atoms with van der Waals surface area (Å²) in [5, 5.41) is 10.9. The van der Waals surface area contributed by atoms with Gasteiger partial charge < -0.3 is 0 Å². The Hall–Kier alpha value is 0.350. The van der Waals surface area contributed by atoms with Crippen LogP contribution in [0.1, 0.15) is 19.3 Å². The maximum absolute atomic E-state index is 11.1. The van der Waals surface area contributed by atoms with Crippen LogP contribution in [0.5, 0.6) is 0 Å². The summed E-state index contributed by atoms with van der Waals surface area (Å²) in [6, 6.07) is 0. The molecule has 0 bridgehead atoms. The van der Waals surface area contributed by atoms with Crippen LogP contribution in [0.25, 0.3) is 0 Å². The molecule has 0 amide bonds. The summed E-state index contributed by atoms with van der Waals surface area (Å²) in [5.74, 6) is 5.89. The van der Waals surface area contributed by atoms with Gasteiger partial charge >= 0.3 is 82.7 Å². The van der Waals surface area contributed by atoms with Gasteiger partial charge in [-0.1, -0.05) is 0 Å². The fourth-order valence-corrected chi connectivity index (χ4v) is 4.10. The van der Waals surface area contributed by atoms with Crippen molar-refractivity contribution in [2.75, 3.05) is 4.43 Å². The van der Waals surface area contributed by atoms with Gasteiger partial charge in [0, 0.05) is 0 Å². The first kappa shape index (κ1) is 8.93. The van der Waals surface area contributed by atoms with E-state index in [0.717, 1.165) is 16.0 Å². The number of rotatable bonds is 2. The molecule has 0 aromatic heterocycles. The predicted molar refractivity (Wildman–Crippen MR) is 42.6 cm³/mol. The van der Waals surface area contributed by atoms with Crippen LogP contribution >= 0.6 is 0 Å². The van der Waals surface area contributed by atoms with Gasteiger partial charge in [0.15, 0.2) is 0 Å². The number of quaternary nitrogens is 1. The molecule has 2 aliphatic rings. The van der Waals surface area contributed by atoms with Crippen molar-refractivity contribution >= 4 is 0 Å². The van der Waals surface area contributed by atoms with Crippen molar-refractivity contribution in [3.8, 4) is 0 Å². The van der Waals surface area contributed by atoms with E-state index in [1.807, 2.05) is 0 Å². The van der Waals surface area contributed by atoms with E-state index in [4.69, 9.17) is 5.84 Å². The molecule has 1 aliphatic carbocycles. The van der Waals surface area contributed by atoms with Crippen molar-refractivity contribution < 1.29 is 26.4 Å². The molecule has 0 aromatic carbocycles. The molecule has 2 rings (SSSR count). The average Bonchev–Trinajstić information content (AvgIpc) is 2.87. The first-order chi connectivity index (χ1) is 5.79. The van der Waals surface area contributed by atoms with Crippen LogP contribution in [0.15, 0.2) is 11.8 Å². The molecule has 3 nitrogen and oxygen atoms in total. The van der Waals surface area contributed by atoms with E-state index in [2.05, 4.69) is 6.08 Å². The Kier molecular flexibility index (Phi) is 2.69. The summed E-state index contributed by atoms with van der Waals surface area (Å²) in [5.41, 5.74) is 0.948. The van der Waals surface area contributed by atoms with E-state index < -0.39 is 0 Å². The van der Waals surface area contributed by atoms with Crippen molar-refractivity contribution in [1.29, 1.82) is 0 Å². The van der Waals surface area contributed by atoms with Gasteiger partial charge in [0.1, 0.15) is 0 Å². The van der Waals surface area contributed by atoms with Crippen molar-refractivity contribution in [2.45, 2.75) is 23.2 Å². The second-order valence-corrected chi connectivity index (χ2v) is 6.75. The van der Waals surface area contributed by atoms with E-state index in [9.17, 15) is 5.21 Å². The van der Waals surface area contributed by atoms with Gasteiger partial charge in [0.2, 0.25) is 0 Å². The van der Waals surface area contributed by atoms with E-state index in [0.29, 0.717) is 27.1 Å². The van der Waals surface area contributed by atoms with Crippen LogP contribution in [0, 0.1) is 11.1 Å². The first-order valence-corrected chi connectivity index (χ1v) is 7.13. The number of hydrogen-bond acceptors (Lipinski definition) is 2. The van der Waals surface area contributed by atoms with Gasteiger partial charge in [0.05, 0.1) is 0 Å². The molecule has 3 unspecified atom stereocenters. The van der Waals surface area contributed by atoms with E-state index in [1.165, 1.54) is 17.3 Å². The van der Waals surface area contributed by atoms with Gasteiger partial charge in [-0.25, -0.2) is 0 Å². The molecular weight excluding hydrogens is 267 g/mol. The fourth-order valence-electron chi connectivity index (χ4n) is 1.83. The fraction of sp³-hybridized carbons (Fsp3) is 0.750. The summed E-state index contributed by atoms with van der Waals surface area (Å²) in [4.78, 5) is 0. The minimum atomic E-state index is -0.171. The summed E-state index contributed by atoms with van der Waals surface area (Å²) in [6.07, 6.45) is 5.58. The number of hydroxylamine groups is 1. The molecule has 1 heterocycles. The molecule has 12 heavy (non-hydrogen) atoms. The number of halogens is 1. The molecule has 0 spiro atoms. The first-order valence-electron chi connectivity index (χ1n) is 4.36. The molecule has 0 saturated carbocycles. The van der Waals surface area contributed by atoms with Gasteiger partial charge in [0.25, 0.3) is 0 Å². The Morgan fingerprint density at radius 2 is 2.42 bits per heavy atom. The van der Waals surface area contributed by atoms with Gasteiger partial charge in [-0.05, 0) is 0 Å². The van der Waals surface area contributed by atoms with E-state index in [-0.39, 0.29) is 5.17 Å². The standard InChI is InChI=1S/C8H14IN2O/c10-11(12)8-4-2-1-3-6(8)7-5-9-7/h4,6-7,11H,1-3,5,10H2/q-1. The van der Waals surface area contributed by atoms with Crippen LogP contribution in [-0.4, -0.2) is 8.35 Å². The molecular formula is C8H14IN2O-. The Balaban J connectivity index is 2.08. The Labute approximate surface area is 82.8 Å². The zero-order valence-corrected chi connectivity index (χ0v) is 9.08. The third-order valence-corrected chi connectivity index (χ3v) is 5.30. The molecule has 3 atom stereocenters. The van der Waals surface area contributed by atoms with Gasteiger partial charge in [-0.3, -0.25) is 0 Å². The third-order valence-electron chi connectivity index (χ3n) is 2.54. The van der Waals surface area contributed by atoms with Crippen LogP contribution < -0.4 is 32.2 Å². The quantitative estimate of drug-likeness (QED) is 0.238. The zero-order valence-electron chi connectivity index (χ0n) is 6.92. The Bertz CT molecular complexity index is 201. The maximum atomic E-state index is 11.1. The van der Waals surface area contributed by atoms with Gasteiger partial charge in [-0.2, -0.15) is 0 Å². The monoisotopic (exact) mass is 281 g/mol. The second kappa shape index (κ2) is 3.61. The molecule has 0 aromatic rings. The normalized spacial score (nSPS) is 38.0. The van der Waals surface area contributed by atoms with E-state index >= 15 is 0 Å². The number of nitrogens with one attached hydrogen (secondary N) is 1. The number of hydrogen-bond donors (Lipinski definition) is 2. The van der Waals surface area contributed by atoms with Crippen LogP contribution in [-0.2, 0) is 0 Å². The van der Waals surface area contributed by atoms with Crippen molar-refractivity contribution in [2.24, 2.45) is 11.8 Å². The molecule has 70 valence electrons. The molecule has 4 heteroatoms. The molecule has 1 aliphatic heterocycles. The number of allylic oxidation sites excluding steroid dienone is 2. The summed E-state index contributed by atoms with van der Waals surface area (Å²) in [6.45, 7) is 0. The molecule has 1 saturated heterocycles.